The third-order valence-electron chi connectivity index (χ3n) is 6.78. The highest BCUT2D eigenvalue weighted by Crippen LogP contribution is 2.44. The van der Waals surface area contributed by atoms with Gasteiger partial charge < -0.3 is 4.98 Å². The molecule has 0 fully saturated rings. The summed E-state index contributed by atoms with van der Waals surface area (Å²) in [5, 5.41) is 1.95. The average molecular weight is 449 g/mol. The molecule has 0 saturated heterocycles. The smallest absolute Gasteiger partial charge is 0.330 e. The van der Waals surface area contributed by atoms with Crippen molar-refractivity contribution in [2.24, 2.45) is 14.1 Å². The van der Waals surface area contributed by atoms with Crippen LogP contribution in [0.4, 0.5) is 0 Å². The molecule has 2 atom stereocenters. The molecule has 5 rings (SSSR count). The number of halogens is 1. The summed E-state index contributed by atoms with van der Waals surface area (Å²) in [7, 11) is 3.22. The molecule has 6 nitrogen and oxygen atoms in total. The van der Waals surface area contributed by atoms with Crippen molar-refractivity contribution in [3.05, 3.63) is 103 Å². The number of para-hydroxylation sites is 1. The molecule has 4 aromatic rings. The van der Waals surface area contributed by atoms with E-state index in [1.807, 2.05) is 24.3 Å². The minimum atomic E-state index is -0.314. The molecule has 2 aromatic heterocycles. The molecule has 0 spiro atoms. The first-order chi connectivity index (χ1) is 15.4. The van der Waals surface area contributed by atoms with Crippen LogP contribution in [0.15, 0.2) is 64.2 Å². The monoisotopic (exact) mass is 448 g/mol. The van der Waals surface area contributed by atoms with Gasteiger partial charge in [0.1, 0.15) is 0 Å². The Morgan fingerprint density at radius 2 is 1.75 bits per heavy atom. The van der Waals surface area contributed by atoms with Crippen LogP contribution in [0.1, 0.15) is 41.4 Å². The molecule has 1 aliphatic heterocycles. The summed E-state index contributed by atoms with van der Waals surface area (Å²) in [6.45, 7) is 3.37. The predicted molar refractivity (Wildman–Crippen MR) is 127 cm³/mol. The predicted octanol–water partition coefficient (Wildman–Crippen LogP) is 3.93. The van der Waals surface area contributed by atoms with Gasteiger partial charge >= 0.3 is 5.69 Å². The number of H-pyrrole nitrogens is 1. The van der Waals surface area contributed by atoms with E-state index in [2.05, 4.69) is 41.1 Å². The van der Waals surface area contributed by atoms with Crippen LogP contribution in [0.2, 0.25) is 5.02 Å². The second-order valence-corrected chi connectivity index (χ2v) is 8.96. The van der Waals surface area contributed by atoms with Crippen LogP contribution >= 0.6 is 11.6 Å². The maximum Gasteiger partial charge on any atom is 0.330 e. The average Bonchev–Trinajstić information content (AvgIpc) is 3.18. The fourth-order valence-corrected chi connectivity index (χ4v) is 5.17. The Balaban J connectivity index is 1.65. The van der Waals surface area contributed by atoms with Gasteiger partial charge in [0.2, 0.25) is 0 Å². The van der Waals surface area contributed by atoms with Crippen molar-refractivity contribution in [2.75, 3.05) is 6.54 Å². The van der Waals surface area contributed by atoms with E-state index in [1.165, 1.54) is 18.0 Å². The SMILES string of the molecule is CC1c2[nH]c3ccccc3c2C(c2ccccc2Cl)CN1Cc1cc(=O)n(C)c(=O)n1C. The van der Waals surface area contributed by atoms with E-state index in [9.17, 15) is 9.59 Å². The molecular weight excluding hydrogens is 424 g/mol. The molecule has 164 valence electrons. The number of benzene rings is 2. The summed E-state index contributed by atoms with van der Waals surface area (Å²) < 4.78 is 2.69. The fourth-order valence-electron chi connectivity index (χ4n) is 4.91. The molecule has 32 heavy (non-hydrogen) atoms. The van der Waals surface area contributed by atoms with E-state index in [-0.39, 0.29) is 23.2 Å². The van der Waals surface area contributed by atoms with Gasteiger partial charge in [0.05, 0.1) is 0 Å². The number of aromatic nitrogens is 3. The molecule has 1 aliphatic rings. The van der Waals surface area contributed by atoms with Crippen molar-refractivity contribution in [1.29, 1.82) is 0 Å². The molecule has 0 bridgehead atoms. The highest BCUT2D eigenvalue weighted by atomic mass is 35.5. The molecule has 0 amide bonds. The van der Waals surface area contributed by atoms with Crippen LogP contribution in [0.3, 0.4) is 0 Å². The van der Waals surface area contributed by atoms with E-state index in [1.54, 1.807) is 17.7 Å². The Morgan fingerprint density at radius 3 is 2.53 bits per heavy atom. The van der Waals surface area contributed by atoms with Crippen molar-refractivity contribution >= 4 is 22.5 Å². The number of aromatic amines is 1. The molecule has 0 aliphatic carbocycles. The number of nitrogens with one attached hydrogen (secondary N) is 1. The standard InChI is InChI=1S/C25H25ClN4O2/c1-15-24-23(18-9-5-7-11-21(18)27-24)19(17-8-4-6-10-20(17)26)14-30(15)13-16-12-22(31)29(3)25(32)28(16)2/h4-12,15,19,27H,13-14H2,1-3H3. The molecular formula is C25H25ClN4O2. The molecule has 0 saturated carbocycles. The van der Waals surface area contributed by atoms with E-state index in [0.717, 1.165) is 32.9 Å². The lowest BCUT2D eigenvalue weighted by Gasteiger charge is -2.39. The molecule has 1 N–H and O–H groups in total. The number of hydrogen-bond acceptors (Lipinski definition) is 3. The zero-order chi connectivity index (χ0) is 22.6. The van der Waals surface area contributed by atoms with Gasteiger partial charge in [-0.25, -0.2) is 4.79 Å². The Kier molecular flexibility index (Phi) is 5.07. The van der Waals surface area contributed by atoms with Crippen LogP contribution in [0.25, 0.3) is 10.9 Å². The highest BCUT2D eigenvalue weighted by molar-refractivity contribution is 6.31. The van der Waals surface area contributed by atoms with Crippen LogP contribution in [-0.2, 0) is 20.6 Å². The van der Waals surface area contributed by atoms with Crippen molar-refractivity contribution in [2.45, 2.75) is 25.4 Å². The third kappa shape index (κ3) is 3.22. The van der Waals surface area contributed by atoms with Gasteiger partial charge in [0, 0.05) is 72.5 Å². The third-order valence-corrected chi connectivity index (χ3v) is 7.12. The van der Waals surface area contributed by atoms with Crippen LogP contribution in [0, 0.1) is 0 Å². The van der Waals surface area contributed by atoms with Crippen molar-refractivity contribution in [3.8, 4) is 0 Å². The van der Waals surface area contributed by atoms with Crippen LogP contribution in [-0.4, -0.2) is 25.6 Å². The Hall–Kier alpha value is -3.09. The van der Waals surface area contributed by atoms with Gasteiger partial charge in [0.25, 0.3) is 5.56 Å². The summed E-state index contributed by atoms with van der Waals surface area (Å²) >= 11 is 6.65. The Labute approximate surface area is 190 Å². The first-order valence-corrected chi connectivity index (χ1v) is 11.1. The van der Waals surface area contributed by atoms with Gasteiger partial charge in [-0.05, 0) is 30.2 Å². The molecule has 7 heteroatoms. The summed E-state index contributed by atoms with van der Waals surface area (Å²) in [6, 6.07) is 18.0. The summed E-state index contributed by atoms with van der Waals surface area (Å²) in [5.41, 5.74) is 4.70. The van der Waals surface area contributed by atoms with Gasteiger partial charge in [-0.15, -0.1) is 0 Å². The summed E-state index contributed by atoms with van der Waals surface area (Å²) in [5.74, 6) is 0.0645. The lowest BCUT2D eigenvalue weighted by atomic mass is 9.83. The first-order valence-electron chi connectivity index (χ1n) is 10.7. The minimum absolute atomic E-state index is 0.0645. The number of nitrogens with zero attached hydrogens (tertiary/aromatic N) is 3. The highest BCUT2D eigenvalue weighted by Gasteiger charge is 2.35. The summed E-state index contributed by atoms with van der Waals surface area (Å²) in [6.07, 6.45) is 0. The van der Waals surface area contributed by atoms with Crippen molar-refractivity contribution < 1.29 is 0 Å². The van der Waals surface area contributed by atoms with Gasteiger partial charge in [-0.1, -0.05) is 48.0 Å². The van der Waals surface area contributed by atoms with E-state index in [4.69, 9.17) is 11.6 Å². The topological polar surface area (TPSA) is 63.0 Å². The number of hydrogen-bond donors (Lipinski definition) is 1. The lowest BCUT2D eigenvalue weighted by molar-refractivity contribution is 0.171. The van der Waals surface area contributed by atoms with Gasteiger partial charge in [-0.2, -0.15) is 0 Å². The van der Waals surface area contributed by atoms with E-state index < -0.39 is 0 Å². The zero-order valence-corrected chi connectivity index (χ0v) is 19.1. The first kappa shape index (κ1) is 20.8. The van der Waals surface area contributed by atoms with E-state index in [0.29, 0.717) is 12.2 Å². The largest absolute Gasteiger partial charge is 0.357 e. The Morgan fingerprint density at radius 1 is 1.03 bits per heavy atom. The molecule has 3 heterocycles. The van der Waals surface area contributed by atoms with Crippen LogP contribution in [0.5, 0.6) is 0 Å². The Bertz CT molecular complexity index is 1450. The normalized spacial score (nSPS) is 18.8. The van der Waals surface area contributed by atoms with Crippen molar-refractivity contribution in [1.82, 2.24) is 19.0 Å². The quantitative estimate of drug-likeness (QED) is 0.516. The maximum absolute atomic E-state index is 12.5. The zero-order valence-electron chi connectivity index (χ0n) is 18.3. The van der Waals surface area contributed by atoms with Crippen molar-refractivity contribution in [3.63, 3.8) is 0 Å². The molecule has 0 radical (unpaired) electrons. The fraction of sp³-hybridized carbons (Fsp3) is 0.280. The summed E-state index contributed by atoms with van der Waals surface area (Å²) in [4.78, 5) is 30.7. The van der Waals surface area contributed by atoms with Gasteiger partial charge in [0.15, 0.2) is 0 Å². The number of fused-ring (bicyclic) bond motifs is 3. The van der Waals surface area contributed by atoms with Crippen LogP contribution < -0.4 is 11.2 Å². The second kappa shape index (κ2) is 7.80. The van der Waals surface area contributed by atoms with E-state index >= 15 is 0 Å². The number of rotatable bonds is 3. The van der Waals surface area contributed by atoms with Gasteiger partial charge in [-0.3, -0.25) is 18.8 Å². The minimum Gasteiger partial charge on any atom is -0.357 e. The second-order valence-electron chi connectivity index (χ2n) is 8.55. The molecule has 2 aromatic carbocycles. The lowest BCUT2D eigenvalue weighted by Crippen LogP contribution is -2.41. The molecule has 2 unspecified atom stereocenters. The maximum atomic E-state index is 12.5.